The second-order valence-electron chi connectivity index (χ2n) is 4.62. The molecule has 114 valence electrons. The average molecular weight is 292 g/mol. The minimum absolute atomic E-state index is 0.131. The van der Waals surface area contributed by atoms with Crippen molar-refractivity contribution in [2.75, 3.05) is 19.7 Å². The van der Waals surface area contributed by atoms with Gasteiger partial charge in [0.15, 0.2) is 6.61 Å². The number of amides is 2. The lowest BCUT2D eigenvalue weighted by Gasteiger charge is -2.08. The molecule has 0 aliphatic rings. The van der Waals surface area contributed by atoms with E-state index < -0.39 is 18.5 Å². The van der Waals surface area contributed by atoms with E-state index in [1.54, 1.807) is 19.9 Å². The van der Waals surface area contributed by atoms with E-state index in [2.05, 4.69) is 10.6 Å². The molecular formula is C15H20N2O4. The van der Waals surface area contributed by atoms with Crippen LogP contribution in [0.3, 0.4) is 0 Å². The Morgan fingerprint density at radius 1 is 1.10 bits per heavy atom. The molecule has 2 amide bonds. The Morgan fingerprint density at radius 3 is 2.48 bits per heavy atom. The van der Waals surface area contributed by atoms with Gasteiger partial charge in [0, 0.05) is 6.54 Å². The molecule has 0 atom stereocenters. The van der Waals surface area contributed by atoms with Crippen LogP contribution in [0.2, 0.25) is 0 Å². The molecule has 0 unspecified atom stereocenters. The van der Waals surface area contributed by atoms with Gasteiger partial charge in [0.2, 0.25) is 5.91 Å². The summed E-state index contributed by atoms with van der Waals surface area (Å²) in [6, 6.07) is 5.43. The number of aryl methyl sites for hydroxylation is 2. The summed E-state index contributed by atoms with van der Waals surface area (Å²) in [5.41, 5.74) is 2.16. The van der Waals surface area contributed by atoms with Crippen molar-refractivity contribution in [3.8, 4) is 0 Å². The van der Waals surface area contributed by atoms with Gasteiger partial charge in [-0.1, -0.05) is 17.7 Å². The van der Waals surface area contributed by atoms with E-state index in [9.17, 15) is 14.4 Å². The molecule has 1 aromatic rings. The number of carbonyl (C=O) groups excluding carboxylic acids is 3. The smallest absolute Gasteiger partial charge is 0.338 e. The zero-order valence-electron chi connectivity index (χ0n) is 12.5. The molecule has 6 nitrogen and oxygen atoms in total. The lowest BCUT2D eigenvalue weighted by atomic mass is 10.1. The maximum atomic E-state index is 11.9. The molecular weight excluding hydrogens is 272 g/mol. The third-order valence-corrected chi connectivity index (χ3v) is 2.77. The second kappa shape index (κ2) is 8.04. The van der Waals surface area contributed by atoms with E-state index in [-0.39, 0.29) is 12.5 Å². The molecule has 2 N–H and O–H groups in total. The summed E-state index contributed by atoms with van der Waals surface area (Å²) < 4.78 is 4.94. The van der Waals surface area contributed by atoms with E-state index in [0.29, 0.717) is 12.1 Å². The average Bonchev–Trinajstić information content (AvgIpc) is 2.45. The molecule has 6 heteroatoms. The van der Waals surface area contributed by atoms with Crippen molar-refractivity contribution in [2.45, 2.75) is 20.8 Å². The van der Waals surface area contributed by atoms with Crippen LogP contribution in [0.25, 0.3) is 0 Å². The Balaban J connectivity index is 2.44. The number of carbonyl (C=O) groups is 3. The van der Waals surface area contributed by atoms with Crippen LogP contribution in [0.1, 0.15) is 28.4 Å². The van der Waals surface area contributed by atoms with Crippen molar-refractivity contribution >= 4 is 17.8 Å². The molecule has 0 heterocycles. The monoisotopic (exact) mass is 292 g/mol. The molecule has 0 aromatic heterocycles. The maximum Gasteiger partial charge on any atom is 0.338 e. The van der Waals surface area contributed by atoms with Crippen LogP contribution in [0.4, 0.5) is 0 Å². The van der Waals surface area contributed by atoms with Crippen LogP contribution < -0.4 is 10.6 Å². The summed E-state index contributed by atoms with van der Waals surface area (Å²) in [6.07, 6.45) is 0. The van der Waals surface area contributed by atoms with Crippen molar-refractivity contribution in [1.29, 1.82) is 0 Å². The van der Waals surface area contributed by atoms with E-state index >= 15 is 0 Å². The van der Waals surface area contributed by atoms with Crippen LogP contribution in [-0.2, 0) is 14.3 Å². The number of esters is 1. The largest absolute Gasteiger partial charge is 0.452 e. The van der Waals surface area contributed by atoms with E-state index in [1.165, 1.54) is 0 Å². The number of hydrogen-bond donors (Lipinski definition) is 2. The number of rotatable bonds is 6. The van der Waals surface area contributed by atoms with Gasteiger partial charge in [-0.15, -0.1) is 0 Å². The molecule has 1 rings (SSSR count). The predicted octanol–water partition coefficient (Wildman–Crippen LogP) is 0.713. The quantitative estimate of drug-likeness (QED) is 0.756. The van der Waals surface area contributed by atoms with Gasteiger partial charge in [-0.05, 0) is 32.4 Å². The van der Waals surface area contributed by atoms with Crippen LogP contribution in [0.15, 0.2) is 18.2 Å². The van der Waals surface area contributed by atoms with Gasteiger partial charge in [0.1, 0.15) is 0 Å². The van der Waals surface area contributed by atoms with Crippen LogP contribution in [0.5, 0.6) is 0 Å². The number of likely N-dealkylation sites (N-methyl/N-ethyl adjacent to an activating group) is 1. The van der Waals surface area contributed by atoms with Gasteiger partial charge in [0.05, 0.1) is 12.1 Å². The molecule has 0 saturated heterocycles. The summed E-state index contributed by atoms with van der Waals surface area (Å²) in [5.74, 6) is -1.35. The zero-order valence-corrected chi connectivity index (χ0v) is 12.5. The van der Waals surface area contributed by atoms with Gasteiger partial charge in [0.25, 0.3) is 5.91 Å². The fraction of sp³-hybridized carbons (Fsp3) is 0.400. The van der Waals surface area contributed by atoms with E-state index in [1.807, 2.05) is 19.1 Å². The first kappa shape index (κ1) is 16.7. The van der Waals surface area contributed by atoms with Crippen LogP contribution in [-0.4, -0.2) is 37.5 Å². The summed E-state index contributed by atoms with van der Waals surface area (Å²) in [4.78, 5) is 34.5. The topological polar surface area (TPSA) is 84.5 Å². The molecule has 0 spiro atoms. The minimum Gasteiger partial charge on any atom is -0.452 e. The van der Waals surface area contributed by atoms with Crippen LogP contribution >= 0.6 is 0 Å². The summed E-state index contributed by atoms with van der Waals surface area (Å²) in [5, 5.41) is 4.92. The van der Waals surface area contributed by atoms with Gasteiger partial charge in [-0.25, -0.2) is 4.79 Å². The summed E-state index contributed by atoms with van der Waals surface area (Å²) in [6.45, 7) is 5.40. The standard InChI is InChI=1S/C15H20N2O4/c1-4-16-13(18)8-17-14(19)9-21-15(20)12-7-10(2)5-6-11(12)3/h5-7H,4,8-9H2,1-3H3,(H,16,18)(H,17,19). The summed E-state index contributed by atoms with van der Waals surface area (Å²) >= 11 is 0. The summed E-state index contributed by atoms with van der Waals surface area (Å²) in [7, 11) is 0. The number of hydrogen-bond acceptors (Lipinski definition) is 4. The molecule has 0 aliphatic carbocycles. The molecule has 0 fully saturated rings. The number of benzene rings is 1. The first-order valence-corrected chi connectivity index (χ1v) is 6.71. The van der Waals surface area contributed by atoms with Gasteiger partial charge in [-0.3, -0.25) is 9.59 Å². The van der Waals surface area contributed by atoms with Gasteiger partial charge >= 0.3 is 5.97 Å². The molecule has 1 aromatic carbocycles. The van der Waals surface area contributed by atoms with Crippen molar-refractivity contribution < 1.29 is 19.1 Å². The zero-order chi connectivity index (χ0) is 15.8. The molecule has 0 bridgehead atoms. The minimum atomic E-state index is -0.552. The van der Waals surface area contributed by atoms with Gasteiger partial charge in [-0.2, -0.15) is 0 Å². The molecule has 0 radical (unpaired) electrons. The molecule has 0 aliphatic heterocycles. The van der Waals surface area contributed by atoms with Crippen molar-refractivity contribution in [2.24, 2.45) is 0 Å². The maximum absolute atomic E-state index is 11.9. The highest BCUT2D eigenvalue weighted by Gasteiger charge is 2.13. The predicted molar refractivity (Wildman–Crippen MR) is 77.9 cm³/mol. The Kier molecular flexibility index (Phi) is 6.39. The van der Waals surface area contributed by atoms with Crippen molar-refractivity contribution in [1.82, 2.24) is 10.6 Å². The second-order valence-corrected chi connectivity index (χ2v) is 4.62. The lowest BCUT2D eigenvalue weighted by Crippen LogP contribution is -2.38. The third kappa shape index (κ3) is 5.64. The van der Waals surface area contributed by atoms with Crippen molar-refractivity contribution in [3.63, 3.8) is 0 Å². The fourth-order valence-corrected chi connectivity index (χ4v) is 1.65. The Bertz CT molecular complexity index is 540. The molecule has 21 heavy (non-hydrogen) atoms. The van der Waals surface area contributed by atoms with E-state index in [0.717, 1.165) is 11.1 Å². The number of nitrogens with one attached hydrogen (secondary N) is 2. The highest BCUT2D eigenvalue weighted by atomic mass is 16.5. The van der Waals surface area contributed by atoms with Crippen LogP contribution in [0, 0.1) is 13.8 Å². The Labute approximate surface area is 123 Å². The first-order valence-electron chi connectivity index (χ1n) is 6.71. The normalized spacial score (nSPS) is 9.86. The highest BCUT2D eigenvalue weighted by molar-refractivity contribution is 5.93. The fourth-order valence-electron chi connectivity index (χ4n) is 1.65. The number of ether oxygens (including phenoxy) is 1. The van der Waals surface area contributed by atoms with Crippen molar-refractivity contribution in [3.05, 3.63) is 34.9 Å². The SMILES string of the molecule is CCNC(=O)CNC(=O)COC(=O)c1cc(C)ccc1C. The molecule has 0 saturated carbocycles. The van der Waals surface area contributed by atoms with Gasteiger partial charge < -0.3 is 15.4 Å². The highest BCUT2D eigenvalue weighted by Crippen LogP contribution is 2.11. The first-order chi connectivity index (χ1) is 9.93. The third-order valence-electron chi connectivity index (χ3n) is 2.77. The van der Waals surface area contributed by atoms with E-state index in [4.69, 9.17) is 4.74 Å². The lowest BCUT2D eigenvalue weighted by molar-refractivity contribution is -0.127. The Hall–Kier alpha value is -2.37. The Morgan fingerprint density at radius 2 is 1.81 bits per heavy atom.